The number of imidazole rings is 1. The molecule has 0 amide bonds. The zero-order valence-corrected chi connectivity index (χ0v) is 15.0. The number of ether oxygens (including phenoxy) is 1. The monoisotopic (exact) mass is 352 g/mol. The third-order valence-electron chi connectivity index (χ3n) is 4.65. The van der Waals surface area contributed by atoms with E-state index in [0.717, 1.165) is 38.2 Å². The maximum absolute atomic E-state index is 6.00. The fourth-order valence-corrected chi connectivity index (χ4v) is 3.28. The lowest BCUT2D eigenvalue weighted by Gasteiger charge is -2.24. The molecule has 0 aliphatic carbocycles. The highest BCUT2D eigenvalue weighted by atomic mass is 16.5. The van der Waals surface area contributed by atoms with Gasteiger partial charge in [-0.2, -0.15) is 4.98 Å². The molecule has 1 aliphatic heterocycles. The topological polar surface area (TPSA) is 68.1 Å². The van der Waals surface area contributed by atoms with Crippen molar-refractivity contribution in [1.82, 2.24) is 24.4 Å². The molecule has 0 saturated carbocycles. The number of nitrogens with zero attached hydrogens (tertiary/aromatic N) is 5. The lowest BCUT2D eigenvalue weighted by molar-refractivity contribution is 0.0624. The Balaban J connectivity index is 1.36. The molecule has 1 aromatic carbocycles. The molecule has 1 aliphatic rings. The summed E-state index contributed by atoms with van der Waals surface area (Å²) in [6, 6.07) is 10.6. The smallest absolute Gasteiger partial charge is 0.224 e. The Bertz CT molecular complexity index is 850. The average molecular weight is 352 g/mol. The summed E-state index contributed by atoms with van der Waals surface area (Å²) in [5.74, 6) is 0.596. The summed E-state index contributed by atoms with van der Waals surface area (Å²) < 4.78 is 7.92. The first-order valence-corrected chi connectivity index (χ1v) is 9.04. The number of benzene rings is 1. The first-order chi connectivity index (χ1) is 12.8. The second kappa shape index (κ2) is 7.80. The Morgan fingerprint density at radius 2 is 2.12 bits per heavy atom. The molecule has 0 radical (unpaired) electrons. The molecule has 3 heterocycles. The summed E-state index contributed by atoms with van der Waals surface area (Å²) in [4.78, 5) is 15.6. The molecule has 7 heteroatoms. The maximum Gasteiger partial charge on any atom is 0.224 e. The fraction of sp³-hybridized carbons (Fsp3) is 0.421. The third kappa shape index (κ3) is 4.00. The molecule has 1 fully saturated rings. The summed E-state index contributed by atoms with van der Waals surface area (Å²) >= 11 is 0. The number of aromatic nitrogens is 4. The predicted octanol–water partition coefficient (Wildman–Crippen LogP) is 2.07. The van der Waals surface area contributed by atoms with Crippen LogP contribution in [0.15, 0.2) is 42.9 Å². The van der Waals surface area contributed by atoms with Crippen LogP contribution in [-0.4, -0.2) is 56.8 Å². The van der Waals surface area contributed by atoms with Crippen LogP contribution in [0.25, 0.3) is 11.2 Å². The minimum atomic E-state index is 0.115. The van der Waals surface area contributed by atoms with Gasteiger partial charge in [0.25, 0.3) is 0 Å². The number of hydrogen-bond donors (Lipinski definition) is 1. The van der Waals surface area contributed by atoms with Crippen LogP contribution < -0.4 is 5.32 Å². The van der Waals surface area contributed by atoms with Gasteiger partial charge in [-0.15, -0.1) is 0 Å². The van der Waals surface area contributed by atoms with Crippen molar-refractivity contribution in [2.75, 3.05) is 31.6 Å². The van der Waals surface area contributed by atoms with E-state index in [1.807, 2.05) is 11.6 Å². The van der Waals surface area contributed by atoms with Gasteiger partial charge in [-0.25, -0.2) is 9.97 Å². The summed E-state index contributed by atoms with van der Waals surface area (Å²) in [6.07, 6.45) is 4.72. The average Bonchev–Trinajstić information content (AvgIpc) is 2.88. The van der Waals surface area contributed by atoms with Gasteiger partial charge in [0.15, 0.2) is 5.65 Å². The third-order valence-corrected chi connectivity index (χ3v) is 4.65. The van der Waals surface area contributed by atoms with Gasteiger partial charge in [-0.1, -0.05) is 30.3 Å². The van der Waals surface area contributed by atoms with Crippen LogP contribution in [0.1, 0.15) is 12.0 Å². The number of hydrogen-bond acceptors (Lipinski definition) is 6. The van der Waals surface area contributed by atoms with Crippen molar-refractivity contribution in [1.29, 1.82) is 0 Å². The molecule has 26 heavy (non-hydrogen) atoms. The summed E-state index contributed by atoms with van der Waals surface area (Å²) in [5, 5.41) is 3.30. The molecule has 0 bridgehead atoms. The maximum atomic E-state index is 6.00. The van der Waals surface area contributed by atoms with Gasteiger partial charge in [0.05, 0.1) is 18.6 Å². The highest BCUT2D eigenvalue weighted by molar-refractivity contribution is 5.70. The minimum Gasteiger partial charge on any atom is -0.375 e. The van der Waals surface area contributed by atoms with Gasteiger partial charge in [-0.05, 0) is 12.0 Å². The van der Waals surface area contributed by atoms with Crippen LogP contribution in [0.2, 0.25) is 0 Å². The Morgan fingerprint density at radius 1 is 1.23 bits per heavy atom. The number of anilines is 1. The van der Waals surface area contributed by atoms with E-state index in [1.165, 1.54) is 5.56 Å². The van der Waals surface area contributed by atoms with Crippen LogP contribution in [0.5, 0.6) is 0 Å². The number of rotatable bonds is 5. The standard InChI is InChI=1S/C19H24N6O/c1-24-14-22-18-17(24)11-21-19(23-18)20-10-16-13-25(8-5-9-26-16)12-15-6-3-2-4-7-15/h2-4,6-7,11,14,16H,5,8-10,12-13H2,1H3,(H,20,21,23). The summed E-state index contributed by atoms with van der Waals surface area (Å²) in [5.41, 5.74) is 2.97. The van der Waals surface area contributed by atoms with Crippen molar-refractivity contribution >= 4 is 17.1 Å². The van der Waals surface area contributed by atoms with Crippen LogP contribution in [0.4, 0.5) is 5.95 Å². The van der Waals surface area contributed by atoms with Gasteiger partial charge in [-0.3, -0.25) is 4.90 Å². The zero-order chi connectivity index (χ0) is 17.8. The fourth-order valence-electron chi connectivity index (χ4n) is 3.28. The van der Waals surface area contributed by atoms with E-state index in [9.17, 15) is 0 Å². The molecule has 1 atom stereocenters. The normalized spacial score (nSPS) is 18.7. The van der Waals surface area contributed by atoms with Gasteiger partial charge in [0.2, 0.25) is 5.95 Å². The van der Waals surface area contributed by atoms with Gasteiger partial charge in [0, 0.05) is 39.8 Å². The van der Waals surface area contributed by atoms with Crippen LogP contribution >= 0.6 is 0 Å². The van der Waals surface area contributed by atoms with Crippen molar-refractivity contribution < 1.29 is 4.74 Å². The van der Waals surface area contributed by atoms with Gasteiger partial charge >= 0.3 is 0 Å². The minimum absolute atomic E-state index is 0.115. The molecule has 4 rings (SSSR count). The highest BCUT2D eigenvalue weighted by Crippen LogP contribution is 2.13. The molecular formula is C19H24N6O. The summed E-state index contributed by atoms with van der Waals surface area (Å²) in [7, 11) is 1.94. The largest absolute Gasteiger partial charge is 0.375 e. The SMILES string of the molecule is Cn1cnc2nc(NCC3CN(Cc4ccccc4)CCCO3)ncc21. The van der Waals surface area contributed by atoms with Gasteiger partial charge < -0.3 is 14.6 Å². The van der Waals surface area contributed by atoms with Crippen LogP contribution in [-0.2, 0) is 18.3 Å². The van der Waals surface area contributed by atoms with Crippen LogP contribution in [0.3, 0.4) is 0 Å². The highest BCUT2D eigenvalue weighted by Gasteiger charge is 2.19. The van der Waals surface area contributed by atoms with E-state index in [0.29, 0.717) is 18.1 Å². The first kappa shape index (κ1) is 16.9. The zero-order valence-electron chi connectivity index (χ0n) is 15.0. The molecule has 3 aromatic rings. The lowest BCUT2D eigenvalue weighted by Crippen LogP contribution is -2.35. The molecule has 1 unspecified atom stereocenters. The van der Waals surface area contributed by atoms with E-state index >= 15 is 0 Å². The lowest BCUT2D eigenvalue weighted by atomic mass is 10.2. The van der Waals surface area contributed by atoms with Crippen LogP contribution in [0, 0.1) is 0 Å². The molecule has 7 nitrogen and oxygen atoms in total. The molecular weight excluding hydrogens is 328 g/mol. The Hall–Kier alpha value is -2.51. The number of nitrogens with one attached hydrogen (secondary N) is 1. The van der Waals surface area contributed by atoms with Crippen molar-refractivity contribution in [2.24, 2.45) is 7.05 Å². The quantitative estimate of drug-likeness (QED) is 0.758. The van der Waals surface area contributed by atoms with E-state index in [2.05, 4.69) is 55.5 Å². The van der Waals surface area contributed by atoms with E-state index in [-0.39, 0.29) is 6.10 Å². The second-order valence-corrected chi connectivity index (χ2v) is 6.71. The number of fused-ring (bicyclic) bond motifs is 1. The molecule has 0 spiro atoms. The Labute approximate surface area is 153 Å². The predicted molar refractivity (Wildman–Crippen MR) is 101 cm³/mol. The second-order valence-electron chi connectivity index (χ2n) is 6.71. The molecule has 136 valence electrons. The number of aryl methyl sites for hydroxylation is 1. The van der Waals surface area contributed by atoms with E-state index in [1.54, 1.807) is 12.5 Å². The van der Waals surface area contributed by atoms with Crippen molar-refractivity contribution in [3.8, 4) is 0 Å². The summed E-state index contributed by atoms with van der Waals surface area (Å²) in [6.45, 7) is 4.38. The van der Waals surface area contributed by atoms with E-state index in [4.69, 9.17) is 4.74 Å². The Morgan fingerprint density at radius 3 is 3.00 bits per heavy atom. The molecule has 1 N–H and O–H groups in total. The molecule has 1 saturated heterocycles. The van der Waals surface area contributed by atoms with Gasteiger partial charge in [0.1, 0.15) is 5.52 Å². The van der Waals surface area contributed by atoms with Crippen molar-refractivity contribution in [3.63, 3.8) is 0 Å². The Kier molecular flexibility index (Phi) is 5.08. The van der Waals surface area contributed by atoms with E-state index < -0.39 is 0 Å². The molecule has 2 aromatic heterocycles. The van der Waals surface area contributed by atoms with Crippen molar-refractivity contribution in [2.45, 2.75) is 19.1 Å². The first-order valence-electron chi connectivity index (χ1n) is 9.04. The van der Waals surface area contributed by atoms with Crippen molar-refractivity contribution in [3.05, 3.63) is 48.4 Å².